The van der Waals surface area contributed by atoms with Crippen LogP contribution in [0.4, 0.5) is 11.4 Å². The van der Waals surface area contributed by atoms with Crippen LogP contribution in [0.5, 0.6) is 11.5 Å². The molecular formula is C21H26N6O2. The Kier molecular flexibility index (Phi) is 5.41. The van der Waals surface area contributed by atoms with Crippen molar-refractivity contribution in [3.63, 3.8) is 0 Å². The van der Waals surface area contributed by atoms with E-state index in [0.29, 0.717) is 0 Å². The SMILES string of the molecule is COc1cccc(NC2N=C(N)N=C(N3CCCC3)N2c2cccc(OC)c2)c1. The first kappa shape index (κ1) is 18.9. The number of benzene rings is 2. The lowest BCUT2D eigenvalue weighted by Crippen LogP contribution is -2.54. The van der Waals surface area contributed by atoms with E-state index < -0.39 is 6.29 Å². The van der Waals surface area contributed by atoms with Gasteiger partial charge >= 0.3 is 0 Å². The van der Waals surface area contributed by atoms with Crippen molar-refractivity contribution in [2.75, 3.05) is 37.5 Å². The van der Waals surface area contributed by atoms with Crippen molar-refractivity contribution in [1.29, 1.82) is 0 Å². The first-order chi connectivity index (χ1) is 14.2. The molecule has 0 radical (unpaired) electrons. The molecule has 0 amide bonds. The minimum atomic E-state index is -0.456. The van der Waals surface area contributed by atoms with Gasteiger partial charge in [-0.3, -0.25) is 4.90 Å². The number of hydrogen-bond acceptors (Lipinski definition) is 8. The Morgan fingerprint density at radius 3 is 2.41 bits per heavy atom. The number of guanidine groups is 2. The maximum absolute atomic E-state index is 6.11. The second kappa shape index (κ2) is 8.30. The number of methoxy groups -OCH3 is 2. The lowest BCUT2D eigenvalue weighted by molar-refractivity contribution is 0.414. The van der Waals surface area contributed by atoms with Crippen molar-refractivity contribution in [1.82, 2.24) is 4.90 Å². The van der Waals surface area contributed by atoms with E-state index in [1.54, 1.807) is 14.2 Å². The first-order valence-corrected chi connectivity index (χ1v) is 9.69. The number of rotatable bonds is 5. The summed E-state index contributed by atoms with van der Waals surface area (Å²) in [5.74, 6) is 2.59. The standard InChI is InChI=1S/C21H26N6O2/c1-28-17-9-5-7-15(13-17)23-20-24-19(22)25-21(26-11-3-4-12-26)27(20)16-8-6-10-18(14-16)29-2/h5-10,13-14,20,23H,3-4,11-12H2,1-2H3,(H2,22,24). The molecule has 0 aliphatic carbocycles. The van der Waals surface area contributed by atoms with Crippen LogP contribution in [0.3, 0.4) is 0 Å². The fourth-order valence-corrected chi connectivity index (χ4v) is 3.59. The van der Waals surface area contributed by atoms with Crippen LogP contribution >= 0.6 is 0 Å². The monoisotopic (exact) mass is 394 g/mol. The van der Waals surface area contributed by atoms with Crippen LogP contribution in [-0.2, 0) is 0 Å². The average Bonchev–Trinajstić information content (AvgIpc) is 3.28. The molecule has 2 aliphatic heterocycles. The highest BCUT2D eigenvalue weighted by Crippen LogP contribution is 2.29. The van der Waals surface area contributed by atoms with Gasteiger partial charge in [-0.1, -0.05) is 12.1 Å². The second-order valence-electron chi connectivity index (χ2n) is 6.91. The van der Waals surface area contributed by atoms with Gasteiger partial charge in [0.15, 0.2) is 0 Å². The highest BCUT2D eigenvalue weighted by Gasteiger charge is 2.32. The second-order valence-corrected chi connectivity index (χ2v) is 6.91. The summed E-state index contributed by atoms with van der Waals surface area (Å²) < 4.78 is 10.8. The fraction of sp³-hybridized carbons (Fsp3) is 0.333. The molecule has 8 nitrogen and oxygen atoms in total. The van der Waals surface area contributed by atoms with Gasteiger partial charge in [0.25, 0.3) is 0 Å². The number of nitrogens with one attached hydrogen (secondary N) is 1. The maximum Gasteiger partial charge on any atom is 0.222 e. The molecule has 2 aliphatic rings. The molecule has 1 unspecified atom stereocenters. The van der Waals surface area contributed by atoms with E-state index in [2.05, 4.69) is 25.1 Å². The van der Waals surface area contributed by atoms with Crippen LogP contribution in [0.25, 0.3) is 0 Å². The van der Waals surface area contributed by atoms with Crippen LogP contribution in [0.2, 0.25) is 0 Å². The zero-order valence-electron chi connectivity index (χ0n) is 16.7. The van der Waals surface area contributed by atoms with E-state index in [9.17, 15) is 0 Å². The van der Waals surface area contributed by atoms with Crippen LogP contribution in [-0.4, -0.2) is 50.4 Å². The fourth-order valence-electron chi connectivity index (χ4n) is 3.59. The summed E-state index contributed by atoms with van der Waals surface area (Å²) in [7, 11) is 3.31. The Morgan fingerprint density at radius 1 is 1.00 bits per heavy atom. The summed E-state index contributed by atoms with van der Waals surface area (Å²) in [6.07, 6.45) is 1.81. The summed E-state index contributed by atoms with van der Waals surface area (Å²) >= 11 is 0. The van der Waals surface area contributed by atoms with Crippen molar-refractivity contribution in [3.8, 4) is 11.5 Å². The van der Waals surface area contributed by atoms with E-state index in [4.69, 9.17) is 15.2 Å². The van der Waals surface area contributed by atoms with E-state index in [1.807, 2.05) is 48.5 Å². The predicted molar refractivity (Wildman–Crippen MR) is 116 cm³/mol. The molecule has 2 heterocycles. The van der Waals surface area contributed by atoms with Crippen molar-refractivity contribution in [2.45, 2.75) is 19.1 Å². The number of ether oxygens (including phenoxy) is 2. The van der Waals surface area contributed by atoms with Gasteiger partial charge in [-0.2, -0.15) is 4.99 Å². The lowest BCUT2D eigenvalue weighted by Gasteiger charge is -2.38. The molecule has 1 atom stereocenters. The van der Waals surface area contributed by atoms with E-state index in [1.165, 1.54) is 0 Å². The summed E-state index contributed by atoms with van der Waals surface area (Å²) in [6.45, 7) is 1.89. The van der Waals surface area contributed by atoms with Crippen LogP contribution < -0.4 is 25.4 Å². The quantitative estimate of drug-likeness (QED) is 0.811. The van der Waals surface area contributed by atoms with E-state index in [-0.39, 0.29) is 5.96 Å². The number of aliphatic imine (C=N–C) groups is 2. The molecule has 1 fully saturated rings. The Bertz CT molecular complexity index is 923. The van der Waals surface area contributed by atoms with Crippen LogP contribution in [0.1, 0.15) is 12.8 Å². The van der Waals surface area contributed by atoms with Gasteiger partial charge in [0.1, 0.15) is 11.5 Å². The Morgan fingerprint density at radius 2 is 1.69 bits per heavy atom. The third-order valence-electron chi connectivity index (χ3n) is 5.02. The molecule has 2 aromatic carbocycles. The van der Waals surface area contributed by atoms with E-state index in [0.717, 1.165) is 54.8 Å². The van der Waals surface area contributed by atoms with E-state index >= 15 is 0 Å². The molecule has 8 heteroatoms. The number of nitrogens with two attached hydrogens (primary N) is 1. The third kappa shape index (κ3) is 4.06. The highest BCUT2D eigenvalue weighted by molar-refractivity contribution is 6.06. The molecule has 2 aromatic rings. The predicted octanol–water partition coefficient (Wildman–Crippen LogP) is 2.69. The molecule has 0 spiro atoms. The van der Waals surface area contributed by atoms with Gasteiger partial charge in [-0.05, 0) is 37.1 Å². The number of hydrogen-bond donors (Lipinski definition) is 2. The summed E-state index contributed by atoms with van der Waals surface area (Å²) in [5, 5.41) is 3.46. The van der Waals surface area contributed by atoms with Crippen LogP contribution in [0.15, 0.2) is 58.5 Å². The highest BCUT2D eigenvalue weighted by atomic mass is 16.5. The van der Waals surface area contributed by atoms with Gasteiger partial charge in [0, 0.05) is 30.9 Å². The minimum Gasteiger partial charge on any atom is -0.497 e. The van der Waals surface area contributed by atoms with Gasteiger partial charge in [-0.25, -0.2) is 4.99 Å². The molecule has 0 bridgehead atoms. The molecule has 0 saturated carbocycles. The van der Waals surface area contributed by atoms with Gasteiger partial charge < -0.3 is 25.4 Å². The molecule has 152 valence electrons. The van der Waals surface area contributed by atoms with Crippen molar-refractivity contribution < 1.29 is 9.47 Å². The van der Waals surface area contributed by atoms with Gasteiger partial charge in [0.2, 0.25) is 18.2 Å². The summed E-state index contributed by atoms with van der Waals surface area (Å²) in [6, 6.07) is 15.6. The molecule has 0 aromatic heterocycles. The zero-order valence-corrected chi connectivity index (χ0v) is 16.7. The lowest BCUT2D eigenvalue weighted by atomic mass is 10.2. The number of anilines is 2. The summed E-state index contributed by atoms with van der Waals surface area (Å²) in [5.41, 5.74) is 7.91. The maximum atomic E-state index is 6.11. The number of nitrogens with zero attached hydrogens (tertiary/aromatic N) is 4. The van der Waals surface area contributed by atoms with Crippen molar-refractivity contribution in [3.05, 3.63) is 48.5 Å². The normalized spacial score (nSPS) is 18.9. The average molecular weight is 394 g/mol. The zero-order chi connectivity index (χ0) is 20.2. The van der Waals surface area contributed by atoms with Crippen molar-refractivity contribution in [2.24, 2.45) is 15.7 Å². The van der Waals surface area contributed by atoms with Crippen molar-refractivity contribution >= 4 is 23.3 Å². The molecule has 3 N–H and O–H groups in total. The smallest absolute Gasteiger partial charge is 0.222 e. The number of likely N-dealkylation sites (tertiary alicyclic amines) is 1. The Hall–Kier alpha value is -3.42. The third-order valence-corrected chi connectivity index (χ3v) is 5.02. The Balaban J connectivity index is 1.73. The summed E-state index contributed by atoms with van der Waals surface area (Å²) in [4.78, 5) is 13.5. The molecule has 4 rings (SSSR count). The molecule has 1 saturated heterocycles. The largest absolute Gasteiger partial charge is 0.497 e. The molecular weight excluding hydrogens is 368 g/mol. The van der Waals surface area contributed by atoms with Crippen LogP contribution in [0, 0.1) is 0 Å². The molecule has 29 heavy (non-hydrogen) atoms. The van der Waals surface area contributed by atoms with Gasteiger partial charge in [-0.15, -0.1) is 0 Å². The van der Waals surface area contributed by atoms with Gasteiger partial charge in [0.05, 0.1) is 19.9 Å². The Labute approximate surface area is 170 Å². The first-order valence-electron chi connectivity index (χ1n) is 9.69. The minimum absolute atomic E-state index is 0.256. The topological polar surface area (TPSA) is 87.7 Å².